The lowest BCUT2D eigenvalue weighted by molar-refractivity contribution is 0.289. The lowest BCUT2D eigenvalue weighted by atomic mass is 10.0. The predicted molar refractivity (Wildman–Crippen MR) is 64.6 cm³/mol. The summed E-state index contributed by atoms with van der Waals surface area (Å²) in [5.74, 6) is 0.879. The molecule has 1 aromatic carbocycles. The summed E-state index contributed by atoms with van der Waals surface area (Å²) < 4.78 is 5.14. The second-order valence-electron chi connectivity index (χ2n) is 3.94. The number of nitrogens with zero attached hydrogens (tertiary/aromatic N) is 2. The fraction of sp³-hybridized carbons (Fsp3) is 0.417. The maximum absolute atomic E-state index is 5.60. The fourth-order valence-electron chi connectivity index (χ4n) is 1.97. The molecule has 1 aromatic rings. The van der Waals surface area contributed by atoms with Crippen LogP contribution in [0.3, 0.4) is 0 Å². The minimum absolute atomic E-state index is 0.310. The highest BCUT2D eigenvalue weighted by atomic mass is 16.5. The molecule has 1 heterocycles. The largest absolute Gasteiger partial charge is 0.497 e. The first-order chi connectivity index (χ1) is 7.74. The van der Waals surface area contributed by atoms with Crippen molar-refractivity contribution in [2.75, 3.05) is 20.7 Å². The van der Waals surface area contributed by atoms with Gasteiger partial charge in [0, 0.05) is 20.0 Å². The maximum atomic E-state index is 5.60. The Hall–Kier alpha value is -1.55. The van der Waals surface area contributed by atoms with Crippen LogP contribution in [0.1, 0.15) is 18.0 Å². The second-order valence-corrected chi connectivity index (χ2v) is 3.94. The summed E-state index contributed by atoms with van der Waals surface area (Å²) in [4.78, 5) is 0. The standard InChI is InChI=1S/C12H17N3O/c1-15-12(7-10(8-13)14-15)9-3-5-11(16-2)6-4-9/h3-6,12H,7-8,13H2,1-2H3. The highest BCUT2D eigenvalue weighted by Crippen LogP contribution is 2.29. The number of hydrazone groups is 1. The SMILES string of the molecule is COc1ccc(C2CC(CN)=NN2C)cc1. The Labute approximate surface area is 95.7 Å². The molecule has 0 fully saturated rings. The molecule has 0 aromatic heterocycles. The third kappa shape index (κ3) is 2.02. The number of nitrogens with two attached hydrogens (primary N) is 1. The van der Waals surface area contributed by atoms with Crippen molar-refractivity contribution in [2.24, 2.45) is 10.8 Å². The van der Waals surface area contributed by atoms with Gasteiger partial charge in [0.15, 0.2) is 0 Å². The number of hydrogen-bond acceptors (Lipinski definition) is 4. The Kier molecular flexibility index (Phi) is 3.10. The molecule has 0 saturated carbocycles. The van der Waals surface area contributed by atoms with Gasteiger partial charge in [-0.05, 0) is 17.7 Å². The van der Waals surface area contributed by atoms with Crippen molar-refractivity contribution in [3.8, 4) is 5.75 Å². The predicted octanol–water partition coefficient (Wildman–Crippen LogP) is 1.39. The number of benzene rings is 1. The van der Waals surface area contributed by atoms with E-state index in [1.165, 1.54) is 5.56 Å². The summed E-state index contributed by atoms with van der Waals surface area (Å²) in [6, 6.07) is 8.42. The molecule has 0 amide bonds. The lowest BCUT2D eigenvalue weighted by Gasteiger charge is -2.19. The molecular weight excluding hydrogens is 202 g/mol. The van der Waals surface area contributed by atoms with Crippen molar-refractivity contribution in [1.82, 2.24) is 5.01 Å². The zero-order chi connectivity index (χ0) is 11.5. The van der Waals surface area contributed by atoms with Crippen molar-refractivity contribution in [1.29, 1.82) is 0 Å². The van der Waals surface area contributed by atoms with Crippen molar-refractivity contribution in [3.05, 3.63) is 29.8 Å². The molecule has 4 nitrogen and oxygen atoms in total. The van der Waals surface area contributed by atoms with Crippen molar-refractivity contribution in [3.63, 3.8) is 0 Å². The zero-order valence-electron chi connectivity index (χ0n) is 9.68. The van der Waals surface area contributed by atoms with E-state index in [0.29, 0.717) is 12.6 Å². The van der Waals surface area contributed by atoms with Crippen molar-refractivity contribution >= 4 is 5.71 Å². The minimum atomic E-state index is 0.310. The van der Waals surface area contributed by atoms with E-state index in [9.17, 15) is 0 Å². The van der Waals surface area contributed by atoms with E-state index in [0.717, 1.165) is 17.9 Å². The first-order valence-corrected chi connectivity index (χ1v) is 5.38. The minimum Gasteiger partial charge on any atom is -0.497 e. The van der Waals surface area contributed by atoms with E-state index < -0.39 is 0 Å². The summed E-state index contributed by atoms with van der Waals surface area (Å²) in [5.41, 5.74) is 7.91. The van der Waals surface area contributed by atoms with Gasteiger partial charge in [0.05, 0.1) is 18.9 Å². The molecule has 1 unspecified atom stereocenters. The van der Waals surface area contributed by atoms with Gasteiger partial charge in [-0.1, -0.05) is 12.1 Å². The van der Waals surface area contributed by atoms with Gasteiger partial charge in [-0.15, -0.1) is 0 Å². The van der Waals surface area contributed by atoms with Gasteiger partial charge < -0.3 is 10.5 Å². The fourth-order valence-corrected chi connectivity index (χ4v) is 1.97. The van der Waals surface area contributed by atoms with Crippen LogP contribution in [0, 0.1) is 0 Å². The second kappa shape index (κ2) is 4.53. The van der Waals surface area contributed by atoms with E-state index in [-0.39, 0.29) is 0 Å². The van der Waals surface area contributed by atoms with Crippen LogP contribution >= 0.6 is 0 Å². The number of ether oxygens (including phenoxy) is 1. The summed E-state index contributed by atoms with van der Waals surface area (Å²) in [5, 5.41) is 6.38. The van der Waals surface area contributed by atoms with Crippen molar-refractivity contribution in [2.45, 2.75) is 12.5 Å². The van der Waals surface area contributed by atoms with Gasteiger partial charge in [0.1, 0.15) is 5.75 Å². The summed E-state index contributed by atoms with van der Waals surface area (Å²) >= 11 is 0. The maximum Gasteiger partial charge on any atom is 0.118 e. The third-order valence-electron chi connectivity index (χ3n) is 2.92. The molecule has 1 aliphatic rings. The molecule has 86 valence electrons. The molecule has 4 heteroatoms. The first kappa shape index (κ1) is 11.0. The highest BCUT2D eigenvalue weighted by molar-refractivity contribution is 5.88. The Morgan fingerprint density at radius 1 is 1.44 bits per heavy atom. The van der Waals surface area contributed by atoms with Gasteiger partial charge >= 0.3 is 0 Å². The smallest absolute Gasteiger partial charge is 0.118 e. The Morgan fingerprint density at radius 3 is 2.62 bits per heavy atom. The Bertz CT molecular complexity index is 386. The molecule has 2 N–H and O–H groups in total. The van der Waals surface area contributed by atoms with Crippen LogP contribution in [0.25, 0.3) is 0 Å². The topological polar surface area (TPSA) is 50.9 Å². The van der Waals surface area contributed by atoms with Gasteiger partial charge in [-0.25, -0.2) is 0 Å². The molecule has 0 bridgehead atoms. The van der Waals surface area contributed by atoms with Crippen LogP contribution in [-0.4, -0.2) is 31.4 Å². The number of hydrogen-bond donors (Lipinski definition) is 1. The zero-order valence-corrected chi connectivity index (χ0v) is 9.68. The summed E-state index contributed by atoms with van der Waals surface area (Å²) in [6.07, 6.45) is 0.916. The van der Waals surface area contributed by atoms with E-state index in [1.807, 2.05) is 24.2 Å². The molecular formula is C12H17N3O. The van der Waals surface area contributed by atoms with E-state index >= 15 is 0 Å². The molecule has 1 aliphatic heterocycles. The molecule has 0 radical (unpaired) electrons. The average molecular weight is 219 g/mol. The van der Waals surface area contributed by atoms with Crippen molar-refractivity contribution < 1.29 is 4.74 Å². The van der Waals surface area contributed by atoms with Crippen LogP contribution in [0.2, 0.25) is 0 Å². The van der Waals surface area contributed by atoms with E-state index in [1.54, 1.807) is 7.11 Å². The number of rotatable bonds is 3. The van der Waals surface area contributed by atoms with Crippen LogP contribution in [0.5, 0.6) is 5.75 Å². The van der Waals surface area contributed by atoms with Crippen LogP contribution in [0.4, 0.5) is 0 Å². The molecule has 0 saturated heterocycles. The third-order valence-corrected chi connectivity index (χ3v) is 2.92. The lowest BCUT2D eigenvalue weighted by Crippen LogP contribution is -2.14. The molecule has 16 heavy (non-hydrogen) atoms. The average Bonchev–Trinajstić information content (AvgIpc) is 2.71. The first-order valence-electron chi connectivity index (χ1n) is 5.38. The quantitative estimate of drug-likeness (QED) is 0.835. The van der Waals surface area contributed by atoms with Gasteiger partial charge in [0.2, 0.25) is 0 Å². The Balaban J connectivity index is 2.14. The molecule has 2 rings (SSSR count). The van der Waals surface area contributed by atoms with Gasteiger partial charge in [-0.2, -0.15) is 5.10 Å². The normalized spacial score (nSPS) is 19.8. The van der Waals surface area contributed by atoms with Crippen LogP contribution in [0.15, 0.2) is 29.4 Å². The summed E-state index contributed by atoms with van der Waals surface area (Å²) in [6.45, 7) is 0.539. The monoisotopic (exact) mass is 219 g/mol. The van der Waals surface area contributed by atoms with E-state index in [4.69, 9.17) is 10.5 Å². The summed E-state index contributed by atoms with van der Waals surface area (Å²) in [7, 11) is 3.66. The molecule has 0 spiro atoms. The van der Waals surface area contributed by atoms with Crippen LogP contribution in [-0.2, 0) is 0 Å². The molecule has 1 atom stereocenters. The molecule has 0 aliphatic carbocycles. The van der Waals surface area contributed by atoms with E-state index in [2.05, 4.69) is 17.2 Å². The highest BCUT2D eigenvalue weighted by Gasteiger charge is 2.24. The number of methoxy groups -OCH3 is 1. The van der Waals surface area contributed by atoms with Crippen LogP contribution < -0.4 is 10.5 Å². The van der Waals surface area contributed by atoms with Gasteiger partial charge in [0.25, 0.3) is 0 Å². The Morgan fingerprint density at radius 2 is 2.12 bits per heavy atom. The van der Waals surface area contributed by atoms with Gasteiger partial charge in [-0.3, -0.25) is 5.01 Å².